The van der Waals surface area contributed by atoms with E-state index in [9.17, 15) is 8.42 Å². The topological polar surface area (TPSA) is 67.4 Å². The van der Waals surface area contributed by atoms with Crippen LogP contribution >= 0.6 is 0 Å². The number of hydrogen-bond acceptors (Lipinski definition) is 4. The minimum absolute atomic E-state index is 0.256. The molecule has 0 spiro atoms. The van der Waals surface area contributed by atoms with E-state index in [-0.39, 0.29) is 6.04 Å². The van der Waals surface area contributed by atoms with Crippen molar-refractivity contribution in [3.8, 4) is 0 Å². The SMILES string of the molecule is CCOCC(C)NS(=O)(=O)c1ccc(CC)c(CNC)c1. The maximum Gasteiger partial charge on any atom is 0.240 e. The van der Waals surface area contributed by atoms with Crippen LogP contribution in [0.4, 0.5) is 0 Å². The summed E-state index contributed by atoms with van der Waals surface area (Å²) >= 11 is 0. The molecule has 120 valence electrons. The van der Waals surface area contributed by atoms with Crippen molar-refractivity contribution in [3.05, 3.63) is 29.3 Å². The molecule has 1 atom stereocenters. The lowest BCUT2D eigenvalue weighted by molar-refractivity contribution is 0.133. The molecule has 0 saturated carbocycles. The molecule has 0 aromatic heterocycles. The number of rotatable bonds is 9. The zero-order valence-corrected chi connectivity index (χ0v) is 14.1. The molecular formula is C15H26N2O3S. The van der Waals surface area contributed by atoms with Crippen LogP contribution in [0.25, 0.3) is 0 Å². The number of ether oxygens (including phenoxy) is 1. The first-order valence-electron chi connectivity index (χ1n) is 7.31. The highest BCUT2D eigenvalue weighted by molar-refractivity contribution is 7.89. The molecule has 0 radical (unpaired) electrons. The summed E-state index contributed by atoms with van der Waals surface area (Å²) in [5, 5.41) is 3.07. The van der Waals surface area contributed by atoms with E-state index in [4.69, 9.17) is 4.74 Å². The predicted molar refractivity (Wildman–Crippen MR) is 84.9 cm³/mol. The van der Waals surface area contributed by atoms with Gasteiger partial charge >= 0.3 is 0 Å². The van der Waals surface area contributed by atoms with Gasteiger partial charge in [0.25, 0.3) is 0 Å². The van der Waals surface area contributed by atoms with Crippen molar-refractivity contribution in [2.24, 2.45) is 0 Å². The molecule has 2 N–H and O–H groups in total. The number of benzene rings is 1. The van der Waals surface area contributed by atoms with Crippen LogP contribution in [0.3, 0.4) is 0 Å². The molecular weight excluding hydrogens is 288 g/mol. The van der Waals surface area contributed by atoms with Gasteiger partial charge < -0.3 is 10.1 Å². The minimum atomic E-state index is -3.51. The van der Waals surface area contributed by atoms with Crippen LogP contribution in [0, 0.1) is 0 Å². The summed E-state index contributed by atoms with van der Waals surface area (Å²) < 4.78 is 32.6. The van der Waals surface area contributed by atoms with Crippen LogP contribution in [0.5, 0.6) is 0 Å². The standard InChI is InChI=1S/C15H26N2O3S/c1-5-13-7-8-15(9-14(13)10-16-4)21(18,19)17-12(3)11-20-6-2/h7-9,12,16-17H,5-6,10-11H2,1-4H3. The Hall–Kier alpha value is -0.950. The van der Waals surface area contributed by atoms with Crippen molar-refractivity contribution in [2.75, 3.05) is 20.3 Å². The van der Waals surface area contributed by atoms with Crippen LogP contribution in [0.15, 0.2) is 23.1 Å². The fourth-order valence-electron chi connectivity index (χ4n) is 2.13. The lowest BCUT2D eigenvalue weighted by Gasteiger charge is -2.15. The smallest absolute Gasteiger partial charge is 0.240 e. The predicted octanol–water partition coefficient (Wildman–Crippen LogP) is 1.67. The van der Waals surface area contributed by atoms with Crippen molar-refractivity contribution < 1.29 is 13.2 Å². The lowest BCUT2D eigenvalue weighted by Crippen LogP contribution is -2.36. The molecule has 0 aliphatic carbocycles. The van der Waals surface area contributed by atoms with Crippen molar-refractivity contribution in [1.82, 2.24) is 10.0 Å². The van der Waals surface area contributed by atoms with Crippen LogP contribution in [-0.2, 0) is 27.7 Å². The third-order valence-electron chi connectivity index (χ3n) is 3.16. The Kier molecular flexibility index (Phi) is 7.31. The van der Waals surface area contributed by atoms with E-state index >= 15 is 0 Å². The molecule has 0 fully saturated rings. The molecule has 6 heteroatoms. The van der Waals surface area contributed by atoms with Gasteiger partial charge in [0.05, 0.1) is 11.5 Å². The Bertz CT molecular complexity index is 544. The Morgan fingerprint density at radius 1 is 1.24 bits per heavy atom. The fraction of sp³-hybridized carbons (Fsp3) is 0.600. The monoisotopic (exact) mass is 314 g/mol. The maximum absolute atomic E-state index is 12.4. The molecule has 1 aromatic carbocycles. The third kappa shape index (κ3) is 5.39. The van der Waals surface area contributed by atoms with Crippen molar-refractivity contribution in [2.45, 2.75) is 44.7 Å². The quantitative estimate of drug-likeness (QED) is 0.727. The Labute approximate surface area is 128 Å². The van der Waals surface area contributed by atoms with Crippen LogP contribution in [0.2, 0.25) is 0 Å². The van der Waals surface area contributed by atoms with E-state index in [1.54, 1.807) is 19.1 Å². The van der Waals surface area contributed by atoms with E-state index in [0.717, 1.165) is 17.5 Å². The average molecular weight is 314 g/mol. The van der Waals surface area contributed by atoms with Crippen LogP contribution in [-0.4, -0.2) is 34.7 Å². The van der Waals surface area contributed by atoms with Gasteiger partial charge in [0.15, 0.2) is 0 Å². The number of aryl methyl sites for hydroxylation is 1. The van der Waals surface area contributed by atoms with E-state index in [2.05, 4.69) is 17.0 Å². The highest BCUT2D eigenvalue weighted by Crippen LogP contribution is 2.17. The van der Waals surface area contributed by atoms with E-state index in [1.165, 1.54) is 0 Å². The molecule has 1 unspecified atom stereocenters. The summed E-state index contributed by atoms with van der Waals surface area (Å²) in [6, 6.07) is 5.03. The number of nitrogens with one attached hydrogen (secondary N) is 2. The highest BCUT2D eigenvalue weighted by atomic mass is 32.2. The van der Waals surface area contributed by atoms with Gasteiger partial charge in [0.1, 0.15) is 0 Å². The van der Waals surface area contributed by atoms with Gasteiger partial charge in [-0.15, -0.1) is 0 Å². The normalized spacial score (nSPS) is 13.3. The van der Waals surface area contributed by atoms with Crippen LogP contribution < -0.4 is 10.0 Å². The second kappa shape index (κ2) is 8.48. The first-order valence-corrected chi connectivity index (χ1v) is 8.79. The van der Waals surface area contributed by atoms with Gasteiger partial charge in [-0.25, -0.2) is 13.1 Å². The van der Waals surface area contributed by atoms with Crippen LogP contribution in [0.1, 0.15) is 31.9 Å². The summed E-state index contributed by atoms with van der Waals surface area (Å²) in [5.41, 5.74) is 2.17. The highest BCUT2D eigenvalue weighted by Gasteiger charge is 2.18. The van der Waals surface area contributed by atoms with E-state index in [0.29, 0.717) is 24.7 Å². The van der Waals surface area contributed by atoms with Gasteiger partial charge in [0, 0.05) is 19.2 Å². The molecule has 21 heavy (non-hydrogen) atoms. The molecule has 0 aliphatic rings. The van der Waals surface area contributed by atoms with Gasteiger partial charge in [-0.3, -0.25) is 0 Å². The molecule has 0 saturated heterocycles. The second-order valence-corrected chi connectivity index (χ2v) is 6.71. The Morgan fingerprint density at radius 3 is 2.52 bits per heavy atom. The molecule has 0 aliphatic heterocycles. The number of sulfonamides is 1. The summed E-state index contributed by atoms with van der Waals surface area (Å²) in [6.07, 6.45) is 0.880. The summed E-state index contributed by atoms with van der Waals surface area (Å²) in [4.78, 5) is 0.299. The molecule has 0 amide bonds. The minimum Gasteiger partial charge on any atom is -0.380 e. The Morgan fingerprint density at radius 2 is 1.95 bits per heavy atom. The number of hydrogen-bond donors (Lipinski definition) is 2. The fourth-order valence-corrected chi connectivity index (χ4v) is 3.41. The maximum atomic E-state index is 12.4. The summed E-state index contributed by atoms with van der Waals surface area (Å²) in [6.45, 7) is 7.33. The van der Waals surface area contributed by atoms with Crippen molar-refractivity contribution in [1.29, 1.82) is 0 Å². The van der Waals surface area contributed by atoms with Crippen molar-refractivity contribution in [3.63, 3.8) is 0 Å². The summed E-state index contributed by atoms with van der Waals surface area (Å²) in [7, 11) is -1.66. The second-order valence-electron chi connectivity index (χ2n) is 5.00. The molecule has 1 aromatic rings. The van der Waals surface area contributed by atoms with Gasteiger partial charge in [-0.1, -0.05) is 13.0 Å². The van der Waals surface area contributed by atoms with Gasteiger partial charge in [-0.2, -0.15) is 0 Å². The average Bonchev–Trinajstić information content (AvgIpc) is 2.45. The zero-order chi connectivity index (χ0) is 15.9. The van der Waals surface area contributed by atoms with Crippen molar-refractivity contribution >= 4 is 10.0 Å². The van der Waals surface area contributed by atoms with E-state index in [1.807, 2.05) is 20.0 Å². The molecule has 5 nitrogen and oxygen atoms in total. The molecule has 0 heterocycles. The first kappa shape index (κ1) is 18.1. The largest absolute Gasteiger partial charge is 0.380 e. The molecule has 0 bridgehead atoms. The first-order chi connectivity index (χ1) is 9.94. The van der Waals surface area contributed by atoms with Gasteiger partial charge in [0.2, 0.25) is 10.0 Å². The lowest BCUT2D eigenvalue weighted by atomic mass is 10.1. The summed E-state index contributed by atoms with van der Waals surface area (Å²) in [5.74, 6) is 0. The Balaban J connectivity index is 2.94. The van der Waals surface area contributed by atoms with E-state index < -0.39 is 10.0 Å². The third-order valence-corrected chi connectivity index (χ3v) is 4.75. The molecule has 1 rings (SSSR count). The van der Waals surface area contributed by atoms with Gasteiger partial charge in [-0.05, 0) is 50.6 Å². The zero-order valence-electron chi connectivity index (χ0n) is 13.3.